The second-order valence-electron chi connectivity index (χ2n) is 11.7. The third kappa shape index (κ3) is 3.55. The van der Waals surface area contributed by atoms with Gasteiger partial charge in [-0.3, -0.25) is 0 Å². The van der Waals surface area contributed by atoms with Crippen LogP contribution in [0.3, 0.4) is 0 Å². The Labute approximate surface area is 209 Å². The third-order valence-corrected chi connectivity index (χ3v) is 10.4. The van der Waals surface area contributed by atoms with E-state index in [4.69, 9.17) is 4.42 Å². The lowest BCUT2D eigenvalue weighted by Gasteiger charge is -2.21. The van der Waals surface area contributed by atoms with Crippen LogP contribution in [0, 0.1) is 13.8 Å². The molecule has 2 aromatic heterocycles. The van der Waals surface area contributed by atoms with Crippen molar-refractivity contribution in [1.29, 1.82) is 0 Å². The number of hydrogen-bond donors (Lipinski definition) is 0. The first-order valence-corrected chi connectivity index (χ1v) is 16.6. The molecule has 2 nitrogen and oxygen atoms in total. The highest BCUT2D eigenvalue weighted by Gasteiger charge is 2.30. The van der Waals surface area contributed by atoms with Crippen molar-refractivity contribution in [3.05, 3.63) is 71.3 Å². The number of aryl methyl sites for hydroxylation is 2. The maximum absolute atomic E-state index is 6.57. The van der Waals surface area contributed by atoms with Gasteiger partial charge in [-0.05, 0) is 72.7 Å². The van der Waals surface area contributed by atoms with E-state index >= 15 is 0 Å². The molecule has 1 fully saturated rings. The SMILES string of the molecule is Cc1cc2c(oc3ccccc32)c(-c2cc([Si](C)(C)C)c3ccc(C4CCCC4)cc3[n+]2C)c1C. The minimum Gasteiger partial charge on any atom is -0.455 e. The van der Waals surface area contributed by atoms with Gasteiger partial charge in [0.25, 0.3) is 0 Å². The number of nitrogens with zero attached hydrogens (tertiary/aromatic N) is 1. The van der Waals surface area contributed by atoms with E-state index in [9.17, 15) is 0 Å². The summed E-state index contributed by atoms with van der Waals surface area (Å²) in [7, 11) is 0.642. The highest BCUT2D eigenvalue weighted by Crippen LogP contribution is 2.39. The Morgan fingerprint density at radius 1 is 0.857 bits per heavy atom. The number of para-hydroxylation sites is 1. The largest absolute Gasteiger partial charge is 0.455 e. The van der Waals surface area contributed by atoms with Crippen LogP contribution in [0.4, 0.5) is 0 Å². The van der Waals surface area contributed by atoms with Gasteiger partial charge in [-0.2, -0.15) is 4.57 Å². The molecule has 5 aromatic rings. The highest BCUT2D eigenvalue weighted by molar-refractivity contribution is 6.90. The number of fused-ring (bicyclic) bond motifs is 4. The number of furan rings is 1. The molecule has 0 amide bonds. The van der Waals surface area contributed by atoms with Crippen LogP contribution < -0.4 is 9.75 Å². The molecule has 0 saturated heterocycles. The zero-order chi connectivity index (χ0) is 24.5. The van der Waals surface area contributed by atoms with Crippen molar-refractivity contribution in [1.82, 2.24) is 0 Å². The van der Waals surface area contributed by atoms with Gasteiger partial charge in [0.15, 0.2) is 0 Å². The van der Waals surface area contributed by atoms with Crippen molar-refractivity contribution in [2.24, 2.45) is 7.05 Å². The lowest BCUT2D eigenvalue weighted by Crippen LogP contribution is -2.43. The predicted molar refractivity (Wildman–Crippen MR) is 152 cm³/mol. The minimum atomic E-state index is -1.61. The number of rotatable bonds is 3. The van der Waals surface area contributed by atoms with E-state index in [2.05, 4.69) is 99.7 Å². The molecule has 35 heavy (non-hydrogen) atoms. The van der Waals surface area contributed by atoms with Crippen LogP contribution in [-0.4, -0.2) is 8.07 Å². The maximum atomic E-state index is 6.57. The van der Waals surface area contributed by atoms with Crippen LogP contribution in [0.5, 0.6) is 0 Å². The molecular weight excluding hydrogens is 442 g/mol. The van der Waals surface area contributed by atoms with Crippen molar-refractivity contribution in [3.63, 3.8) is 0 Å². The van der Waals surface area contributed by atoms with Gasteiger partial charge in [0.1, 0.15) is 18.2 Å². The average Bonchev–Trinajstić information content (AvgIpc) is 3.48. The van der Waals surface area contributed by atoms with Crippen molar-refractivity contribution >= 4 is 46.1 Å². The second kappa shape index (κ2) is 8.06. The van der Waals surface area contributed by atoms with Crippen molar-refractivity contribution in [2.45, 2.75) is 65.1 Å². The molecule has 1 aliphatic carbocycles. The Morgan fingerprint density at radius 2 is 1.60 bits per heavy atom. The summed E-state index contributed by atoms with van der Waals surface area (Å²) in [5, 5.41) is 5.37. The van der Waals surface area contributed by atoms with E-state index in [1.54, 1.807) is 0 Å². The zero-order valence-corrected chi connectivity index (χ0v) is 23.0. The fourth-order valence-electron chi connectivity index (χ4n) is 6.26. The molecule has 0 unspecified atom stereocenters. The molecule has 0 radical (unpaired) electrons. The Balaban J connectivity index is 1.72. The van der Waals surface area contributed by atoms with E-state index in [-0.39, 0.29) is 0 Å². The highest BCUT2D eigenvalue weighted by atomic mass is 28.3. The van der Waals surface area contributed by atoms with Crippen molar-refractivity contribution in [3.8, 4) is 11.3 Å². The Morgan fingerprint density at radius 3 is 2.34 bits per heavy atom. The molecule has 3 heteroatoms. The fraction of sp³-hybridized carbons (Fsp3) is 0.344. The molecule has 3 aromatic carbocycles. The van der Waals surface area contributed by atoms with Gasteiger partial charge in [-0.15, -0.1) is 0 Å². The summed E-state index contributed by atoms with van der Waals surface area (Å²) < 4.78 is 9.01. The zero-order valence-electron chi connectivity index (χ0n) is 22.0. The molecule has 0 spiro atoms. The lowest BCUT2D eigenvalue weighted by atomic mass is 9.94. The summed E-state index contributed by atoms with van der Waals surface area (Å²) in [4.78, 5) is 0. The molecule has 0 atom stereocenters. The van der Waals surface area contributed by atoms with Crippen LogP contribution in [0.25, 0.3) is 44.1 Å². The van der Waals surface area contributed by atoms with E-state index in [1.165, 1.54) is 80.5 Å². The normalized spacial score (nSPS) is 15.1. The molecule has 1 saturated carbocycles. The Kier molecular flexibility index (Phi) is 5.19. The van der Waals surface area contributed by atoms with E-state index < -0.39 is 8.07 Å². The summed E-state index contributed by atoms with van der Waals surface area (Å²) >= 11 is 0. The van der Waals surface area contributed by atoms with Crippen LogP contribution >= 0.6 is 0 Å². The summed E-state index contributed by atoms with van der Waals surface area (Å²) in [6.45, 7) is 11.9. The van der Waals surface area contributed by atoms with Crippen molar-refractivity contribution < 1.29 is 8.98 Å². The molecule has 1 aliphatic rings. The second-order valence-corrected chi connectivity index (χ2v) is 16.7. The van der Waals surface area contributed by atoms with E-state index in [0.29, 0.717) is 5.92 Å². The summed E-state index contributed by atoms with van der Waals surface area (Å²) in [6.07, 6.45) is 5.38. The van der Waals surface area contributed by atoms with Gasteiger partial charge in [0.05, 0.1) is 13.6 Å². The molecule has 178 valence electrons. The molecule has 2 heterocycles. The van der Waals surface area contributed by atoms with Gasteiger partial charge in [-0.25, -0.2) is 0 Å². The number of aromatic nitrogens is 1. The van der Waals surface area contributed by atoms with Crippen LogP contribution in [0.15, 0.2) is 59.0 Å². The van der Waals surface area contributed by atoms with Crippen LogP contribution in [-0.2, 0) is 7.05 Å². The number of pyridine rings is 1. The van der Waals surface area contributed by atoms with Crippen LogP contribution in [0.2, 0.25) is 19.6 Å². The predicted octanol–water partition coefficient (Wildman–Crippen LogP) is 8.05. The molecule has 0 N–H and O–H groups in total. The van der Waals surface area contributed by atoms with Gasteiger partial charge in [0, 0.05) is 28.3 Å². The minimum absolute atomic E-state index is 0.709. The van der Waals surface area contributed by atoms with E-state index in [1.807, 2.05) is 0 Å². The molecule has 0 bridgehead atoms. The van der Waals surface area contributed by atoms with Gasteiger partial charge < -0.3 is 4.42 Å². The summed E-state index contributed by atoms with van der Waals surface area (Å²) in [5.41, 5.74) is 9.97. The monoisotopic (exact) mass is 478 g/mol. The summed E-state index contributed by atoms with van der Waals surface area (Å²) in [5.74, 6) is 0.709. The Bertz CT molecular complexity index is 1610. The molecular formula is C32H36NOSi+. The number of benzene rings is 3. The Hall–Kier alpha value is -2.91. The lowest BCUT2D eigenvalue weighted by molar-refractivity contribution is -0.633. The quantitative estimate of drug-likeness (QED) is 0.189. The maximum Gasteiger partial charge on any atom is 0.216 e. The smallest absolute Gasteiger partial charge is 0.216 e. The van der Waals surface area contributed by atoms with E-state index in [0.717, 1.165) is 11.2 Å². The first-order chi connectivity index (χ1) is 16.7. The summed E-state index contributed by atoms with van der Waals surface area (Å²) in [6, 6.07) is 20.6. The standard InChI is InChI=1S/C32H36NOSi/c1-20-17-26-24-13-9-10-14-29(24)34-32(26)31(21(20)2)28-19-30(35(4,5)6)25-16-15-23(18-27(25)33(28)3)22-11-7-8-12-22/h9-10,13-19,22H,7-8,11-12H2,1-6H3/q+1. The third-order valence-electron chi connectivity index (χ3n) is 8.39. The van der Waals surface area contributed by atoms with Gasteiger partial charge in [-0.1, -0.05) is 56.7 Å². The first-order valence-electron chi connectivity index (χ1n) is 13.1. The average molecular weight is 479 g/mol. The van der Waals surface area contributed by atoms with Gasteiger partial charge in [0.2, 0.25) is 11.2 Å². The van der Waals surface area contributed by atoms with Crippen molar-refractivity contribution in [2.75, 3.05) is 0 Å². The van der Waals surface area contributed by atoms with Gasteiger partial charge >= 0.3 is 0 Å². The first kappa shape index (κ1) is 22.5. The number of hydrogen-bond acceptors (Lipinski definition) is 1. The molecule has 0 aliphatic heterocycles. The fourth-order valence-corrected chi connectivity index (χ4v) is 7.85. The van der Waals surface area contributed by atoms with Crippen LogP contribution in [0.1, 0.15) is 48.3 Å². The molecule has 6 rings (SSSR count). The topological polar surface area (TPSA) is 17.0 Å².